The first kappa shape index (κ1) is 10.0. The van der Waals surface area contributed by atoms with Gasteiger partial charge in [0, 0.05) is 6.04 Å². The maximum absolute atomic E-state index is 11.1. The second-order valence-electron chi connectivity index (χ2n) is 3.96. The first-order valence-corrected chi connectivity index (χ1v) is 4.54. The van der Waals surface area contributed by atoms with Crippen LogP contribution < -0.4 is 5.32 Å². The highest BCUT2D eigenvalue weighted by molar-refractivity contribution is 5.98. The smallest absolute Gasteiger partial charge is 0.316 e. The zero-order valence-corrected chi connectivity index (χ0v) is 7.91. The van der Waals surface area contributed by atoms with Gasteiger partial charge in [-0.15, -0.1) is 0 Å². The zero-order chi connectivity index (χ0) is 10.0. The van der Waals surface area contributed by atoms with Crippen molar-refractivity contribution in [2.75, 3.05) is 0 Å². The average Bonchev–Trinajstić information content (AvgIpc) is 2.29. The van der Waals surface area contributed by atoms with Crippen LogP contribution in [0.4, 0.5) is 0 Å². The molecule has 2 unspecified atom stereocenters. The number of aliphatic carboxylic acids is 1. The fourth-order valence-corrected chi connectivity index (χ4v) is 1.69. The largest absolute Gasteiger partial charge is 0.481 e. The molecule has 2 N–H and O–H groups in total. The number of amides is 1. The van der Waals surface area contributed by atoms with E-state index in [1.54, 1.807) is 0 Å². The van der Waals surface area contributed by atoms with Gasteiger partial charge in [0.25, 0.3) is 0 Å². The Morgan fingerprint density at radius 2 is 2.31 bits per heavy atom. The van der Waals surface area contributed by atoms with Crippen molar-refractivity contribution >= 4 is 11.9 Å². The molecule has 1 fully saturated rings. The van der Waals surface area contributed by atoms with Gasteiger partial charge in [0.15, 0.2) is 0 Å². The van der Waals surface area contributed by atoms with Gasteiger partial charge in [-0.3, -0.25) is 9.59 Å². The van der Waals surface area contributed by atoms with E-state index in [9.17, 15) is 9.59 Å². The van der Waals surface area contributed by atoms with Gasteiger partial charge in [-0.2, -0.15) is 0 Å². The predicted octanol–water partition coefficient (Wildman–Crippen LogP) is 0.622. The molecule has 4 heteroatoms. The first-order valence-electron chi connectivity index (χ1n) is 4.54. The molecule has 1 amide bonds. The monoisotopic (exact) mass is 185 g/mol. The van der Waals surface area contributed by atoms with Crippen molar-refractivity contribution < 1.29 is 14.7 Å². The summed E-state index contributed by atoms with van der Waals surface area (Å²) in [5.41, 5.74) is 0. The van der Waals surface area contributed by atoms with Crippen LogP contribution in [0.3, 0.4) is 0 Å². The highest BCUT2D eigenvalue weighted by Gasteiger charge is 2.36. The van der Waals surface area contributed by atoms with Crippen molar-refractivity contribution in [2.24, 2.45) is 11.8 Å². The number of rotatable bonds is 3. The summed E-state index contributed by atoms with van der Waals surface area (Å²) < 4.78 is 0. The summed E-state index contributed by atoms with van der Waals surface area (Å²) in [6, 6.07) is 0.0496. The second-order valence-corrected chi connectivity index (χ2v) is 3.96. The van der Waals surface area contributed by atoms with Gasteiger partial charge in [-0.25, -0.2) is 0 Å². The van der Waals surface area contributed by atoms with Gasteiger partial charge < -0.3 is 10.4 Å². The van der Waals surface area contributed by atoms with Crippen LogP contribution in [0.2, 0.25) is 0 Å². The Balaban J connectivity index is 2.50. The maximum Gasteiger partial charge on any atom is 0.316 e. The van der Waals surface area contributed by atoms with Crippen LogP contribution in [0.25, 0.3) is 0 Å². The Morgan fingerprint density at radius 3 is 2.69 bits per heavy atom. The molecule has 2 atom stereocenters. The molecular formula is C9H15NO3. The van der Waals surface area contributed by atoms with Gasteiger partial charge in [-0.05, 0) is 18.8 Å². The number of hydrogen-bond acceptors (Lipinski definition) is 2. The van der Waals surface area contributed by atoms with Crippen LogP contribution in [0.1, 0.15) is 26.7 Å². The lowest BCUT2D eigenvalue weighted by atomic mass is 9.98. The minimum absolute atomic E-state index is 0.0496. The third-order valence-corrected chi connectivity index (χ3v) is 2.24. The Morgan fingerprint density at radius 1 is 1.69 bits per heavy atom. The summed E-state index contributed by atoms with van der Waals surface area (Å²) >= 11 is 0. The molecule has 0 aliphatic carbocycles. The molecule has 1 aliphatic rings. The highest BCUT2D eigenvalue weighted by Crippen LogP contribution is 2.20. The number of carbonyl (C=O) groups excluding carboxylic acids is 1. The molecule has 1 saturated heterocycles. The number of nitrogens with one attached hydrogen (secondary N) is 1. The molecule has 1 heterocycles. The SMILES string of the molecule is CC(C)CC1CC(C(=O)O)C(=O)N1. The summed E-state index contributed by atoms with van der Waals surface area (Å²) in [4.78, 5) is 21.7. The van der Waals surface area contributed by atoms with Crippen molar-refractivity contribution in [3.63, 3.8) is 0 Å². The predicted molar refractivity (Wildman–Crippen MR) is 47.1 cm³/mol. The molecule has 1 aliphatic heterocycles. The topological polar surface area (TPSA) is 66.4 Å². The Bertz CT molecular complexity index is 225. The van der Waals surface area contributed by atoms with E-state index in [1.165, 1.54) is 0 Å². The van der Waals surface area contributed by atoms with Crippen molar-refractivity contribution in [3.8, 4) is 0 Å². The van der Waals surface area contributed by atoms with E-state index in [0.717, 1.165) is 6.42 Å². The highest BCUT2D eigenvalue weighted by atomic mass is 16.4. The molecule has 0 bridgehead atoms. The van der Waals surface area contributed by atoms with Crippen LogP contribution in [0.15, 0.2) is 0 Å². The molecule has 0 aromatic rings. The molecule has 13 heavy (non-hydrogen) atoms. The number of carboxylic acids is 1. The minimum Gasteiger partial charge on any atom is -0.481 e. The number of carboxylic acid groups (broad SMARTS) is 1. The molecule has 0 radical (unpaired) electrons. The van der Waals surface area contributed by atoms with E-state index in [0.29, 0.717) is 12.3 Å². The van der Waals surface area contributed by atoms with Gasteiger partial charge in [0.2, 0.25) is 5.91 Å². The molecule has 74 valence electrons. The third-order valence-electron chi connectivity index (χ3n) is 2.24. The molecule has 0 spiro atoms. The van der Waals surface area contributed by atoms with E-state index in [2.05, 4.69) is 19.2 Å². The quantitative estimate of drug-likeness (QED) is 0.633. The minimum atomic E-state index is -1.01. The van der Waals surface area contributed by atoms with Gasteiger partial charge in [-0.1, -0.05) is 13.8 Å². The average molecular weight is 185 g/mol. The lowest BCUT2D eigenvalue weighted by Crippen LogP contribution is -2.28. The van der Waals surface area contributed by atoms with E-state index < -0.39 is 11.9 Å². The van der Waals surface area contributed by atoms with Crippen LogP contribution >= 0.6 is 0 Å². The van der Waals surface area contributed by atoms with E-state index >= 15 is 0 Å². The van der Waals surface area contributed by atoms with Crippen LogP contribution in [0.5, 0.6) is 0 Å². The summed E-state index contributed by atoms with van der Waals surface area (Å²) in [6.07, 6.45) is 1.29. The van der Waals surface area contributed by atoms with Gasteiger partial charge in [0.05, 0.1) is 0 Å². The second kappa shape index (κ2) is 3.77. The van der Waals surface area contributed by atoms with Crippen LogP contribution in [-0.4, -0.2) is 23.0 Å². The number of carbonyl (C=O) groups is 2. The standard InChI is InChI=1S/C9H15NO3/c1-5(2)3-6-4-7(9(12)13)8(11)10-6/h5-7H,3-4H2,1-2H3,(H,10,11)(H,12,13). The summed E-state index contributed by atoms with van der Waals surface area (Å²) in [7, 11) is 0. The molecular weight excluding hydrogens is 170 g/mol. The third kappa shape index (κ3) is 2.44. The Kier molecular flexibility index (Phi) is 2.90. The Hall–Kier alpha value is -1.06. The molecule has 1 rings (SSSR count). The fraction of sp³-hybridized carbons (Fsp3) is 0.778. The van der Waals surface area contributed by atoms with Crippen LogP contribution in [-0.2, 0) is 9.59 Å². The molecule has 0 aromatic heterocycles. The normalized spacial score (nSPS) is 27.8. The first-order chi connectivity index (χ1) is 6.00. The summed E-state index contributed by atoms with van der Waals surface area (Å²) in [5.74, 6) is -1.69. The van der Waals surface area contributed by atoms with Crippen LogP contribution in [0, 0.1) is 11.8 Å². The van der Waals surface area contributed by atoms with Crippen molar-refractivity contribution in [1.82, 2.24) is 5.32 Å². The lowest BCUT2D eigenvalue weighted by molar-refractivity contribution is -0.145. The Labute approximate surface area is 77.3 Å². The molecule has 0 saturated carbocycles. The maximum atomic E-state index is 11.1. The van der Waals surface area contributed by atoms with Gasteiger partial charge >= 0.3 is 5.97 Å². The summed E-state index contributed by atoms with van der Waals surface area (Å²) in [6.45, 7) is 4.11. The van der Waals surface area contributed by atoms with Gasteiger partial charge in [0.1, 0.15) is 5.92 Å². The van der Waals surface area contributed by atoms with Crippen molar-refractivity contribution in [1.29, 1.82) is 0 Å². The van der Waals surface area contributed by atoms with E-state index in [-0.39, 0.29) is 11.9 Å². The van der Waals surface area contributed by atoms with Crippen molar-refractivity contribution in [2.45, 2.75) is 32.7 Å². The molecule has 0 aromatic carbocycles. The lowest BCUT2D eigenvalue weighted by Gasteiger charge is -2.11. The number of hydrogen-bond donors (Lipinski definition) is 2. The van der Waals surface area contributed by atoms with E-state index in [1.807, 2.05) is 0 Å². The van der Waals surface area contributed by atoms with Crippen molar-refractivity contribution in [3.05, 3.63) is 0 Å². The fourth-order valence-electron chi connectivity index (χ4n) is 1.69. The zero-order valence-electron chi connectivity index (χ0n) is 7.91. The van der Waals surface area contributed by atoms with E-state index in [4.69, 9.17) is 5.11 Å². The molecule has 4 nitrogen and oxygen atoms in total. The summed E-state index contributed by atoms with van der Waals surface area (Å²) in [5, 5.41) is 11.4.